The van der Waals surface area contributed by atoms with Crippen LogP contribution in [0.3, 0.4) is 0 Å². The lowest BCUT2D eigenvalue weighted by Gasteiger charge is -2.19. The first-order chi connectivity index (χ1) is 8.45. The Kier molecular flexibility index (Phi) is 5.48. The van der Waals surface area contributed by atoms with Crippen LogP contribution in [-0.2, 0) is 4.79 Å². The Labute approximate surface area is 114 Å². The Balaban J connectivity index is 2.67. The van der Waals surface area contributed by atoms with Gasteiger partial charge in [-0.1, -0.05) is 24.6 Å². The van der Waals surface area contributed by atoms with E-state index >= 15 is 0 Å². The predicted octanol–water partition coefficient (Wildman–Crippen LogP) is 3.36. The van der Waals surface area contributed by atoms with Crippen LogP contribution in [0.25, 0.3) is 0 Å². The van der Waals surface area contributed by atoms with Gasteiger partial charge >= 0.3 is 0 Å². The van der Waals surface area contributed by atoms with Gasteiger partial charge in [-0.15, -0.1) is 0 Å². The number of carbonyl (C=O) groups is 1. The van der Waals surface area contributed by atoms with Crippen molar-refractivity contribution in [3.8, 4) is 0 Å². The van der Waals surface area contributed by atoms with Gasteiger partial charge in [0.25, 0.3) is 0 Å². The Morgan fingerprint density at radius 2 is 2.06 bits per heavy atom. The number of halogens is 1. The average Bonchev–Trinajstić information content (AvgIpc) is 2.34. The maximum absolute atomic E-state index is 11.9. The summed E-state index contributed by atoms with van der Waals surface area (Å²) in [6.45, 7) is 7.82. The highest BCUT2D eigenvalue weighted by Crippen LogP contribution is 2.23. The summed E-state index contributed by atoms with van der Waals surface area (Å²) >= 11 is 6.04. The lowest BCUT2D eigenvalue weighted by atomic mass is 10.1. The zero-order valence-corrected chi connectivity index (χ0v) is 12.1. The highest BCUT2D eigenvalue weighted by Gasteiger charge is 2.15. The number of hydrogen-bond acceptors (Lipinski definition) is 2. The fourth-order valence-corrected chi connectivity index (χ4v) is 1.71. The van der Waals surface area contributed by atoms with Gasteiger partial charge in [-0.25, -0.2) is 0 Å². The minimum Gasteiger partial charge on any atom is -0.374 e. The third-order valence-electron chi connectivity index (χ3n) is 3.03. The highest BCUT2D eigenvalue weighted by atomic mass is 35.5. The first kappa shape index (κ1) is 14.8. The van der Waals surface area contributed by atoms with Gasteiger partial charge in [-0.3, -0.25) is 4.79 Å². The zero-order valence-electron chi connectivity index (χ0n) is 11.4. The van der Waals surface area contributed by atoms with E-state index in [1.165, 1.54) is 0 Å². The standard InChI is InChI=1S/C14H21ClN2O/c1-5-9(2)16-14(18)11(4)17-13-8-6-7-12(15)10(13)3/h6-9,11,17H,5H2,1-4H3,(H,16,18). The van der Waals surface area contributed by atoms with E-state index in [0.29, 0.717) is 5.02 Å². The van der Waals surface area contributed by atoms with Gasteiger partial charge in [0.05, 0.1) is 0 Å². The van der Waals surface area contributed by atoms with Gasteiger partial charge in [0, 0.05) is 16.8 Å². The van der Waals surface area contributed by atoms with Crippen LogP contribution in [0.15, 0.2) is 18.2 Å². The molecule has 18 heavy (non-hydrogen) atoms. The average molecular weight is 269 g/mol. The molecule has 2 N–H and O–H groups in total. The van der Waals surface area contributed by atoms with Gasteiger partial charge < -0.3 is 10.6 Å². The lowest BCUT2D eigenvalue weighted by molar-refractivity contribution is -0.122. The summed E-state index contributed by atoms with van der Waals surface area (Å²) < 4.78 is 0. The van der Waals surface area contributed by atoms with Crippen molar-refractivity contribution in [2.45, 2.75) is 46.2 Å². The van der Waals surface area contributed by atoms with Crippen molar-refractivity contribution in [3.63, 3.8) is 0 Å². The fourth-order valence-electron chi connectivity index (χ4n) is 1.53. The Hall–Kier alpha value is -1.22. The number of nitrogens with one attached hydrogen (secondary N) is 2. The quantitative estimate of drug-likeness (QED) is 0.860. The van der Waals surface area contributed by atoms with E-state index in [9.17, 15) is 4.79 Å². The monoisotopic (exact) mass is 268 g/mol. The van der Waals surface area contributed by atoms with Gasteiger partial charge in [0.2, 0.25) is 5.91 Å². The molecular weight excluding hydrogens is 248 g/mol. The van der Waals surface area contributed by atoms with E-state index in [1.54, 1.807) is 0 Å². The molecule has 0 heterocycles. The van der Waals surface area contributed by atoms with Crippen molar-refractivity contribution in [3.05, 3.63) is 28.8 Å². The molecule has 2 unspecified atom stereocenters. The summed E-state index contributed by atoms with van der Waals surface area (Å²) in [5.74, 6) is 0.00345. The largest absolute Gasteiger partial charge is 0.374 e. The Morgan fingerprint density at radius 3 is 2.67 bits per heavy atom. The third-order valence-corrected chi connectivity index (χ3v) is 3.44. The Morgan fingerprint density at radius 1 is 1.39 bits per heavy atom. The number of rotatable bonds is 5. The highest BCUT2D eigenvalue weighted by molar-refractivity contribution is 6.31. The van der Waals surface area contributed by atoms with Crippen LogP contribution >= 0.6 is 11.6 Å². The first-order valence-corrected chi connectivity index (χ1v) is 6.65. The summed E-state index contributed by atoms with van der Waals surface area (Å²) in [7, 11) is 0. The SMILES string of the molecule is CCC(C)NC(=O)C(C)Nc1cccc(Cl)c1C. The maximum atomic E-state index is 11.9. The molecule has 1 aromatic rings. The van der Waals surface area contributed by atoms with Crippen molar-refractivity contribution < 1.29 is 4.79 Å². The number of hydrogen-bond donors (Lipinski definition) is 2. The number of amides is 1. The summed E-state index contributed by atoms with van der Waals surface area (Å²) in [6.07, 6.45) is 0.925. The smallest absolute Gasteiger partial charge is 0.242 e. The first-order valence-electron chi connectivity index (χ1n) is 6.27. The van der Waals surface area contributed by atoms with E-state index in [1.807, 2.05) is 45.9 Å². The number of anilines is 1. The fraction of sp³-hybridized carbons (Fsp3) is 0.500. The Bertz CT molecular complexity index is 420. The minimum atomic E-state index is -0.281. The van der Waals surface area contributed by atoms with E-state index < -0.39 is 0 Å². The van der Waals surface area contributed by atoms with Gasteiger partial charge in [0.15, 0.2) is 0 Å². The van der Waals surface area contributed by atoms with Crippen molar-refractivity contribution in [1.29, 1.82) is 0 Å². The summed E-state index contributed by atoms with van der Waals surface area (Å²) in [5, 5.41) is 6.84. The molecule has 4 heteroatoms. The second-order valence-electron chi connectivity index (χ2n) is 4.60. The van der Waals surface area contributed by atoms with Crippen LogP contribution in [0, 0.1) is 6.92 Å². The normalized spacial score (nSPS) is 13.8. The molecule has 1 aromatic carbocycles. The summed E-state index contributed by atoms with van der Waals surface area (Å²) in [5.41, 5.74) is 1.86. The molecular formula is C14H21ClN2O. The number of benzene rings is 1. The molecule has 0 aliphatic rings. The van der Waals surface area contributed by atoms with Gasteiger partial charge in [-0.2, -0.15) is 0 Å². The second kappa shape index (κ2) is 6.64. The molecule has 0 saturated heterocycles. The maximum Gasteiger partial charge on any atom is 0.242 e. The molecule has 0 aromatic heterocycles. The molecule has 2 atom stereocenters. The van der Waals surface area contributed by atoms with Gasteiger partial charge in [-0.05, 0) is 44.9 Å². The molecule has 0 aliphatic heterocycles. The molecule has 0 radical (unpaired) electrons. The lowest BCUT2D eigenvalue weighted by Crippen LogP contribution is -2.41. The van der Waals surface area contributed by atoms with E-state index in [2.05, 4.69) is 10.6 Å². The van der Waals surface area contributed by atoms with Crippen LogP contribution in [0.2, 0.25) is 5.02 Å². The molecule has 1 rings (SSSR count). The molecule has 0 fully saturated rings. The molecule has 1 amide bonds. The van der Waals surface area contributed by atoms with Crippen LogP contribution in [-0.4, -0.2) is 18.0 Å². The van der Waals surface area contributed by atoms with Crippen LogP contribution in [0.5, 0.6) is 0 Å². The molecule has 0 saturated carbocycles. The summed E-state index contributed by atoms with van der Waals surface area (Å²) in [4.78, 5) is 11.9. The van der Waals surface area contributed by atoms with E-state index in [-0.39, 0.29) is 18.0 Å². The topological polar surface area (TPSA) is 41.1 Å². The van der Waals surface area contributed by atoms with Gasteiger partial charge in [0.1, 0.15) is 6.04 Å². The third kappa shape index (κ3) is 3.91. The molecule has 100 valence electrons. The zero-order chi connectivity index (χ0) is 13.7. The van der Waals surface area contributed by atoms with E-state index in [4.69, 9.17) is 11.6 Å². The van der Waals surface area contributed by atoms with Crippen LogP contribution in [0.4, 0.5) is 5.69 Å². The van der Waals surface area contributed by atoms with Crippen molar-refractivity contribution >= 4 is 23.2 Å². The van der Waals surface area contributed by atoms with Crippen LogP contribution in [0.1, 0.15) is 32.8 Å². The number of carbonyl (C=O) groups excluding carboxylic acids is 1. The minimum absolute atomic E-state index is 0.00345. The van der Waals surface area contributed by atoms with Crippen molar-refractivity contribution in [2.24, 2.45) is 0 Å². The molecule has 0 aliphatic carbocycles. The van der Waals surface area contributed by atoms with Crippen LogP contribution < -0.4 is 10.6 Å². The second-order valence-corrected chi connectivity index (χ2v) is 5.00. The van der Waals surface area contributed by atoms with Crippen molar-refractivity contribution in [1.82, 2.24) is 5.32 Å². The summed E-state index contributed by atoms with van der Waals surface area (Å²) in [6, 6.07) is 5.55. The van der Waals surface area contributed by atoms with Crippen molar-refractivity contribution in [2.75, 3.05) is 5.32 Å². The molecule has 0 bridgehead atoms. The molecule has 3 nitrogen and oxygen atoms in total. The van der Waals surface area contributed by atoms with E-state index in [0.717, 1.165) is 17.7 Å². The molecule has 0 spiro atoms. The predicted molar refractivity (Wildman–Crippen MR) is 77.2 cm³/mol.